The van der Waals surface area contributed by atoms with Crippen LogP contribution in [-0.4, -0.2) is 67.2 Å². The van der Waals surface area contributed by atoms with E-state index in [9.17, 15) is 0 Å². The van der Waals surface area contributed by atoms with Gasteiger partial charge in [-0.05, 0) is 20.0 Å². The average molecular weight is 280 g/mol. The summed E-state index contributed by atoms with van der Waals surface area (Å²) in [5.74, 6) is 7.67. The topological polar surface area (TPSA) is 86.4 Å². The smallest absolute Gasteiger partial charge is 0.243 e. The number of likely N-dealkylation sites (N-methyl/N-ethyl adjacent to an activating group) is 1. The molecule has 0 amide bonds. The Morgan fingerprint density at radius 2 is 1.85 bits per heavy atom. The molecule has 0 spiro atoms. The lowest BCUT2D eigenvalue weighted by Crippen LogP contribution is -2.34. The second-order valence-electron chi connectivity index (χ2n) is 5.71. The van der Waals surface area contributed by atoms with Crippen LogP contribution in [0.25, 0.3) is 0 Å². The van der Waals surface area contributed by atoms with Gasteiger partial charge in [0.1, 0.15) is 0 Å². The van der Waals surface area contributed by atoms with Crippen LogP contribution in [-0.2, 0) is 0 Å². The van der Waals surface area contributed by atoms with Gasteiger partial charge in [0.05, 0.1) is 0 Å². The molecule has 8 heteroatoms. The molecule has 1 aromatic heterocycles. The molecule has 1 aliphatic rings. The van der Waals surface area contributed by atoms with Crippen molar-refractivity contribution in [2.24, 2.45) is 11.8 Å². The van der Waals surface area contributed by atoms with Crippen molar-refractivity contribution in [2.75, 3.05) is 56.5 Å². The number of nitrogens with zero attached hydrogens (tertiary/aromatic N) is 6. The van der Waals surface area contributed by atoms with Gasteiger partial charge in [-0.1, -0.05) is 6.92 Å². The molecule has 0 aromatic carbocycles. The minimum absolute atomic E-state index is 0.389. The van der Waals surface area contributed by atoms with Gasteiger partial charge in [0.25, 0.3) is 0 Å². The number of aromatic nitrogens is 3. The van der Waals surface area contributed by atoms with Crippen LogP contribution in [0.3, 0.4) is 0 Å². The Hall–Kier alpha value is -1.67. The molecular weight excluding hydrogens is 256 g/mol. The van der Waals surface area contributed by atoms with Gasteiger partial charge < -0.3 is 14.7 Å². The summed E-state index contributed by atoms with van der Waals surface area (Å²) in [5, 5.41) is 0. The fourth-order valence-corrected chi connectivity index (χ4v) is 2.54. The summed E-state index contributed by atoms with van der Waals surface area (Å²) in [7, 11) is 8.01. The number of anilines is 3. The van der Waals surface area contributed by atoms with Gasteiger partial charge in [-0.25, -0.2) is 5.84 Å². The van der Waals surface area contributed by atoms with Crippen LogP contribution >= 0.6 is 0 Å². The van der Waals surface area contributed by atoms with Gasteiger partial charge in [-0.3, -0.25) is 5.43 Å². The SMILES string of the molecule is CC1CN(c2nc(NN)nc(N(C)C)n2)CC1N(C)C. The van der Waals surface area contributed by atoms with Crippen LogP contribution < -0.4 is 21.1 Å². The molecule has 2 heterocycles. The summed E-state index contributed by atoms with van der Waals surface area (Å²) in [4.78, 5) is 19.4. The third-order valence-electron chi connectivity index (χ3n) is 3.66. The molecule has 1 aliphatic heterocycles. The number of nitrogen functional groups attached to an aromatic ring is 1. The minimum atomic E-state index is 0.389. The number of hydrogen-bond donors (Lipinski definition) is 2. The third kappa shape index (κ3) is 2.91. The Morgan fingerprint density at radius 3 is 2.35 bits per heavy atom. The van der Waals surface area contributed by atoms with E-state index in [0.717, 1.165) is 13.1 Å². The van der Waals surface area contributed by atoms with Crippen molar-refractivity contribution in [3.8, 4) is 0 Å². The first-order chi connectivity index (χ1) is 9.42. The zero-order chi connectivity index (χ0) is 14.9. The van der Waals surface area contributed by atoms with Crippen molar-refractivity contribution in [3.05, 3.63) is 0 Å². The van der Waals surface area contributed by atoms with Crippen molar-refractivity contribution >= 4 is 17.8 Å². The van der Waals surface area contributed by atoms with Crippen molar-refractivity contribution < 1.29 is 0 Å². The third-order valence-corrected chi connectivity index (χ3v) is 3.66. The van der Waals surface area contributed by atoms with Gasteiger partial charge in [0.15, 0.2) is 0 Å². The lowest BCUT2D eigenvalue weighted by molar-refractivity contribution is 0.266. The first kappa shape index (κ1) is 14.7. The Balaban J connectivity index is 2.27. The van der Waals surface area contributed by atoms with E-state index in [4.69, 9.17) is 5.84 Å². The predicted molar refractivity (Wildman–Crippen MR) is 80.8 cm³/mol. The Labute approximate surface area is 120 Å². The van der Waals surface area contributed by atoms with Crippen LogP contribution in [0.5, 0.6) is 0 Å². The molecule has 0 saturated carbocycles. The van der Waals surface area contributed by atoms with E-state index in [1.807, 2.05) is 19.0 Å². The molecule has 0 radical (unpaired) electrons. The molecule has 2 rings (SSSR count). The van der Waals surface area contributed by atoms with E-state index >= 15 is 0 Å². The zero-order valence-corrected chi connectivity index (χ0v) is 12.8. The zero-order valence-electron chi connectivity index (χ0n) is 12.8. The molecule has 1 fully saturated rings. The fourth-order valence-electron chi connectivity index (χ4n) is 2.54. The lowest BCUT2D eigenvalue weighted by Gasteiger charge is -2.22. The largest absolute Gasteiger partial charge is 0.347 e. The first-order valence-electron chi connectivity index (χ1n) is 6.73. The maximum Gasteiger partial charge on any atom is 0.243 e. The molecule has 1 aromatic rings. The van der Waals surface area contributed by atoms with Crippen molar-refractivity contribution in [3.63, 3.8) is 0 Å². The molecule has 112 valence electrons. The molecular formula is C12H24N8. The number of nitrogens with two attached hydrogens (primary N) is 1. The van der Waals surface area contributed by atoms with Crippen LogP contribution in [0.15, 0.2) is 0 Å². The minimum Gasteiger partial charge on any atom is -0.347 e. The summed E-state index contributed by atoms with van der Waals surface area (Å²) in [5.41, 5.74) is 2.51. The van der Waals surface area contributed by atoms with Crippen molar-refractivity contribution in [1.29, 1.82) is 0 Å². The normalized spacial score (nSPS) is 22.4. The van der Waals surface area contributed by atoms with E-state index in [0.29, 0.717) is 29.8 Å². The highest BCUT2D eigenvalue weighted by atomic mass is 15.4. The van der Waals surface area contributed by atoms with E-state index in [1.165, 1.54) is 0 Å². The molecule has 0 aliphatic carbocycles. The molecule has 3 N–H and O–H groups in total. The maximum absolute atomic E-state index is 5.44. The monoisotopic (exact) mass is 280 g/mol. The van der Waals surface area contributed by atoms with Gasteiger partial charge in [-0.2, -0.15) is 15.0 Å². The van der Waals surface area contributed by atoms with Gasteiger partial charge in [-0.15, -0.1) is 0 Å². The average Bonchev–Trinajstić information content (AvgIpc) is 2.80. The van der Waals surface area contributed by atoms with Crippen LogP contribution in [0.4, 0.5) is 17.8 Å². The molecule has 20 heavy (non-hydrogen) atoms. The predicted octanol–water partition coefficient (Wildman–Crippen LogP) is -0.390. The summed E-state index contributed by atoms with van der Waals surface area (Å²) in [6.07, 6.45) is 0. The second kappa shape index (κ2) is 5.76. The van der Waals surface area contributed by atoms with E-state index in [-0.39, 0.29) is 0 Å². The molecule has 2 unspecified atom stereocenters. The molecule has 1 saturated heterocycles. The van der Waals surface area contributed by atoms with Crippen LogP contribution in [0, 0.1) is 5.92 Å². The van der Waals surface area contributed by atoms with Gasteiger partial charge in [0, 0.05) is 33.2 Å². The summed E-state index contributed by atoms with van der Waals surface area (Å²) in [6, 6.07) is 0.504. The van der Waals surface area contributed by atoms with Crippen LogP contribution in [0.1, 0.15) is 6.92 Å². The van der Waals surface area contributed by atoms with Crippen molar-refractivity contribution in [2.45, 2.75) is 13.0 Å². The Morgan fingerprint density at radius 1 is 1.15 bits per heavy atom. The molecule has 2 atom stereocenters. The highest BCUT2D eigenvalue weighted by Gasteiger charge is 2.32. The van der Waals surface area contributed by atoms with E-state index in [1.54, 1.807) is 0 Å². The van der Waals surface area contributed by atoms with E-state index in [2.05, 4.69) is 51.2 Å². The fraction of sp³-hybridized carbons (Fsp3) is 0.750. The van der Waals surface area contributed by atoms with Crippen LogP contribution in [0.2, 0.25) is 0 Å². The maximum atomic E-state index is 5.44. The summed E-state index contributed by atoms with van der Waals surface area (Å²) in [6.45, 7) is 4.10. The lowest BCUT2D eigenvalue weighted by atomic mass is 10.1. The standard InChI is InChI=1S/C12H24N8/c1-8-6-20(7-9(8)18(2)3)12-15-10(17-13)14-11(16-12)19(4)5/h8-9H,6-7,13H2,1-5H3,(H,14,15,16,17). The van der Waals surface area contributed by atoms with Crippen molar-refractivity contribution in [1.82, 2.24) is 19.9 Å². The molecule has 0 bridgehead atoms. The number of hydrogen-bond acceptors (Lipinski definition) is 8. The first-order valence-corrected chi connectivity index (χ1v) is 6.73. The summed E-state index contributed by atoms with van der Waals surface area (Å²) >= 11 is 0. The Bertz CT molecular complexity index is 461. The number of nitrogens with one attached hydrogen (secondary N) is 1. The quantitative estimate of drug-likeness (QED) is 0.569. The van der Waals surface area contributed by atoms with E-state index < -0.39 is 0 Å². The number of rotatable bonds is 4. The highest BCUT2D eigenvalue weighted by Crippen LogP contribution is 2.25. The van der Waals surface area contributed by atoms with Gasteiger partial charge >= 0.3 is 0 Å². The Kier molecular flexibility index (Phi) is 4.24. The highest BCUT2D eigenvalue weighted by molar-refractivity contribution is 5.45. The number of hydrazine groups is 1. The summed E-state index contributed by atoms with van der Waals surface area (Å²) < 4.78 is 0. The van der Waals surface area contributed by atoms with Gasteiger partial charge in [0.2, 0.25) is 17.8 Å². The molecule has 8 nitrogen and oxygen atoms in total. The second-order valence-corrected chi connectivity index (χ2v) is 5.71.